The van der Waals surface area contributed by atoms with Gasteiger partial charge in [-0.2, -0.15) is 0 Å². The lowest BCUT2D eigenvalue weighted by Gasteiger charge is -2.15. The van der Waals surface area contributed by atoms with E-state index in [1.54, 1.807) is 18.3 Å². The lowest BCUT2D eigenvalue weighted by molar-refractivity contribution is -0.384. The molecule has 2 rings (SSSR count). The first-order valence-corrected chi connectivity index (χ1v) is 7.45. The molecular formula is C15H17FN2O2S. The van der Waals surface area contributed by atoms with Crippen LogP contribution in [0.15, 0.2) is 24.3 Å². The molecule has 1 unspecified atom stereocenters. The molecule has 0 aliphatic heterocycles. The molecule has 0 bridgehead atoms. The highest BCUT2D eigenvalue weighted by molar-refractivity contribution is 7.11. The standard InChI is InChI=1S/C15H17FN2O2S/c1-9-6-14(15(18(19)20)8-13(9)16)17-10(2)7-12-5-4-11(3)21-12/h4-6,8,10,17H,7H2,1-3H3. The molecule has 0 spiro atoms. The van der Waals surface area contributed by atoms with Crippen molar-refractivity contribution in [3.8, 4) is 0 Å². The number of anilines is 1. The highest BCUT2D eigenvalue weighted by atomic mass is 32.1. The minimum Gasteiger partial charge on any atom is -0.377 e. The molecule has 1 aromatic carbocycles. The SMILES string of the molecule is Cc1ccc(CC(C)Nc2cc(C)c(F)cc2[N+](=O)[O-])s1. The third kappa shape index (κ3) is 3.78. The van der Waals surface area contributed by atoms with Crippen LogP contribution in [0.5, 0.6) is 0 Å². The highest BCUT2D eigenvalue weighted by Gasteiger charge is 2.18. The van der Waals surface area contributed by atoms with E-state index in [0.29, 0.717) is 11.3 Å². The van der Waals surface area contributed by atoms with Crippen molar-refractivity contribution in [2.75, 3.05) is 5.32 Å². The molecule has 1 aromatic heterocycles. The largest absolute Gasteiger partial charge is 0.377 e. The molecule has 1 heterocycles. The molecule has 0 saturated heterocycles. The predicted octanol–water partition coefficient (Wildman–Crippen LogP) is 4.46. The van der Waals surface area contributed by atoms with Gasteiger partial charge in [-0.25, -0.2) is 4.39 Å². The van der Waals surface area contributed by atoms with E-state index < -0.39 is 10.7 Å². The predicted molar refractivity (Wildman–Crippen MR) is 83.6 cm³/mol. The van der Waals surface area contributed by atoms with Gasteiger partial charge in [-0.05, 0) is 44.5 Å². The van der Waals surface area contributed by atoms with Gasteiger partial charge in [-0.3, -0.25) is 10.1 Å². The lowest BCUT2D eigenvalue weighted by atomic mass is 10.1. The molecule has 112 valence electrons. The Morgan fingerprint density at radius 3 is 2.67 bits per heavy atom. The summed E-state index contributed by atoms with van der Waals surface area (Å²) in [6, 6.07) is 6.59. The van der Waals surface area contributed by atoms with Crippen molar-refractivity contribution in [3.63, 3.8) is 0 Å². The van der Waals surface area contributed by atoms with E-state index >= 15 is 0 Å². The zero-order chi connectivity index (χ0) is 15.6. The van der Waals surface area contributed by atoms with Crippen LogP contribution in [0.25, 0.3) is 0 Å². The zero-order valence-corrected chi connectivity index (χ0v) is 13.0. The number of nitro benzene ring substituents is 1. The quantitative estimate of drug-likeness (QED) is 0.655. The van der Waals surface area contributed by atoms with Crippen LogP contribution in [0.3, 0.4) is 0 Å². The number of halogens is 1. The fourth-order valence-corrected chi connectivity index (χ4v) is 3.17. The number of nitro groups is 1. The fourth-order valence-electron chi connectivity index (χ4n) is 2.15. The Hall–Kier alpha value is -1.95. The summed E-state index contributed by atoms with van der Waals surface area (Å²) in [5.74, 6) is -0.561. The molecule has 0 amide bonds. The molecular weight excluding hydrogens is 291 g/mol. The number of thiophene rings is 1. The van der Waals surface area contributed by atoms with Crippen molar-refractivity contribution < 1.29 is 9.31 Å². The highest BCUT2D eigenvalue weighted by Crippen LogP contribution is 2.28. The van der Waals surface area contributed by atoms with Crippen LogP contribution in [0, 0.1) is 29.8 Å². The van der Waals surface area contributed by atoms with Gasteiger partial charge in [0.05, 0.1) is 11.0 Å². The third-order valence-electron chi connectivity index (χ3n) is 3.18. The van der Waals surface area contributed by atoms with Gasteiger partial charge in [0.1, 0.15) is 11.5 Å². The molecule has 6 heteroatoms. The summed E-state index contributed by atoms with van der Waals surface area (Å²) in [5.41, 5.74) is 0.522. The molecule has 0 radical (unpaired) electrons. The number of hydrogen-bond acceptors (Lipinski definition) is 4. The molecule has 2 aromatic rings. The molecule has 4 nitrogen and oxygen atoms in total. The number of nitrogens with one attached hydrogen (secondary N) is 1. The van der Waals surface area contributed by atoms with Gasteiger partial charge in [0.25, 0.3) is 5.69 Å². The average Bonchev–Trinajstić information content (AvgIpc) is 2.78. The van der Waals surface area contributed by atoms with Crippen molar-refractivity contribution >= 4 is 22.7 Å². The van der Waals surface area contributed by atoms with Crippen LogP contribution < -0.4 is 5.32 Å². The topological polar surface area (TPSA) is 55.2 Å². The number of aryl methyl sites for hydroxylation is 2. The first-order chi connectivity index (χ1) is 9.86. The minimum atomic E-state index is -0.563. The summed E-state index contributed by atoms with van der Waals surface area (Å²) in [4.78, 5) is 12.9. The maximum Gasteiger partial charge on any atom is 0.295 e. The molecule has 1 atom stereocenters. The van der Waals surface area contributed by atoms with Gasteiger partial charge >= 0.3 is 0 Å². The van der Waals surface area contributed by atoms with E-state index in [4.69, 9.17) is 0 Å². The lowest BCUT2D eigenvalue weighted by Crippen LogP contribution is -2.18. The first-order valence-electron chi connectivity index (χ1n) is 6.63. The van der Waals surface area contributed by atoms with Crippen molar-refractivity contribution in [1.29, 1.82) is 0 Å². The summed E-state index contributed by atoms with van der Waals surface area (Å²) < 4.78 is 13.5. The third-order valence-corrected chi connectivity index (χ3v) is 4.20. The molecule has 21 heavy (non-hydrogen) atoms. The van der Waals surface area contributed by atoms with E-state index in [1.165, 1.54) is 15.8 Å². The number of rotatable bonds is 5. The molecule has 0 saturated carbocycles. The van der Waals surface area contributed by atoms with Crippen LogP contribution in [-0.4, -0.2) is 11.0 Å². The Morgan fingerprint density at radius 1 is 1.38 bits per heavy atom. The van der Waals surface area contributed by atoms with Crippen LogP contribution in [0.2, 0.25) is 0 Å². The summed E-state index contributed by atoms with van der Waals surface area (Å²) in [6.45, 7) is 5.59. The number of nitrogens with zero attached hydrogens (tertiary/aromatic N) is 1. The van der Waals surface area contributed by atoms with E-state index in [2.05, 4.69) is 17.4 Å². The Bertz CT molecular complexity index is 670. The molecule has 1 N–H and O–H groups in total. The Kier molecular flexibility index (Phi) is 4.57. The molecule has 0 fully saturated rings. The summed E-state index contributed by atoms with van der Waals surface area (Å²) in [5, 5.41) is 14.1. The number of hydrogen-bond donors (Lipinski definition) is 1. The summed E-state index contributed by atoms with van der Waals surface area (Å²) in [6.07, 6.45) is 0.770. The maximum absolute atomic E-state index is 13.5. The van der Waals surface area contributed by atoms with Gasteiger partial charge < -0.3 is 5.32 Å². The molecule has 0 aliphatic rings. The summed E-state index contributed by atoms with van der Waals surface area (Å²) in [7, 11) is 0. The fraction of sp³-hybridized carbons (Fsp3) is 0.333. The smallest absolute Gasteiger partial charge is 0.295 e. The van der Waals surface area contributed by atoms with E-state index in [9.17, 15) is 14.5 Å². The van der Waals surface area contributed by atoms with E-state index in [1.807, 2.05) is 13.8 Å². The minimum absolute atomic E-state index is 0.0200. The van der Waals surface area contributed by atoms with Gasteiger partial charge in [0.2, 0.25) is 0 Å². The van der Waals surface area contributed by atoms with Gasteiger partial charge in [0, 0.05) is 22.2 Å². The second-order valence-electron chi connectivity index (χ2n) is 5.14. The van der Waals surface area contributed by atoms with Crippen molar-refractivity contribution in [1.82, 2.24) is 0 Å². The van der Waals surface area contributed by atoms with Crippen LogP contribution in [-0.2, 0) is 6.42 Å². The van der Waals surface area contributed by atoms with Crippen LogP contribution >= 0.6 is 11.3 Å². The summed E-state index contributed by atoms with van der Waals surface area (Å²) >= 11 is 1.71. The Labute approximate surface area is 126 Å². The normalized spacial score (nSPS) is 12.2. The van der Waals surface area contributed by atoms with Crippen molar-refractivity contribution in [2.24, 2.45) is 0 Å². The second kappa shape index (κ2) is 6.22. The number of benzene rings is 1. The van der Waals surface area contributed by atoms with Crippen molar-refractivity contribution in [3.05, 3.63) is 55.5 Å². The Morgan fingerprint density at radius 2 is 2.10 bits per heavy atom. The van der Waals surface area contributed by atoms with Gasteiger partial charge in [0.15, 0.2) is 0 Å². The second-order valence-corrected chi connectivity index (χ2v) is 6.51. The average molecular weight is 308 g/mol. The van der Waals surface area contributed by atoms with Gasteiger partial charge in [-0.1, -0.05) is 0 Å². The van der Waals surface area contributed by atoms with Gasteiger partial charge in [-0.15, -0.1) is 11.3 Å². The van der Waals surface area contributed by atoms with Crippen LogP contribution in [0.1, 0.15) is 22.2 Å². The zero-order valence-electron chi connectivity index (χ0n) is 12.1. The van der Waals surface area contributed by atoms with E-state index in [0.717, 1.165) is 12.5 Å². The molecule has 0 aliphatic carbocycles. The Balaban J connectivity index is 2.18. The van der Waals surface area contributed by atoms with Crippen LogP contribution in [0.4, 0.5) is 15.8 Å². The van der Waals surface area contributed by atoms with E-state index in [-0.39, 0.29) is 11.7 Å². The monoisotopic (exact) mass is 308 g/mol. The van der Waals surface area contributed by atoms with Crippen molar-refractivity contribution in [2.45, 2.75) is 33.2 Å². The first kappa shape index (κ1) is 15.4. The maximum atomic E-state index is 13.5.